The van der Waals surface area contributed by atoms with Crippen molar-refractivity contribution in [1.82, 2.24) is 0 Å². The summed E-state index contributed by atoms with van der Waals surface area (Å²) in [6.07, 6.45) is 0. The summed E-state index contributed by atoms with van der Waals surface area (Å²) < 4.78 is 5.53. The van der Waals surface area contributed by atoms with Crippen LogP contribution in [-0.4, -0.2) is 24.2 Å². The molecule has 0 fully saturated rings. The van der Waals surface area contributed by atoms with E-state index in [0.717, 1.165) is 22.4 Å². The molecule has 5 heteroatoms. The van der Waals surface area contributed by atoms with Crippen molar-refractivity contribution in [1.29, 1.82) is 0 Å². The predicted molar refractivity (Wildman–Crippen MR) is 111 cm³/mol. The Bertz CT molecular complexity index is 933. The molecule has 0 unspecified atom stereocenters. The molecular weight excluding hydrogens is 358 g/mol. The highest BCUT2D eigenvalue weighted by molar-refractivity contribution is 8.04. The molecule has 2 amide bonds. The van der Waals surface area contributed by atoms with Crippen LogP contribution in [0.1, 0.15) is 30.5 Å². The van der Waals surface area contributed by atoms with E-state index < -0.39 is 0 Å². The Morgan fingerprint density at radius 3 is 2.44 bits per heavy atom. The Labute approximate surface area is 164 Å². The van der Waals surface area contributed by atoms with E-state index in [2.05, 4.69) is 0 Å². The lowest BCUT2D eigenvalue weighted by Crippen LogP contribution is -2.31. The number of hydrogen-bond acceptors (Lipinski definition) is 4. The molecule has 0 atom stereocenters. The first-order valence-corrected chi connectivity index (χ1v) is 10.0. The van der Waals surface area contributed by atoms with Gasteiger partial charge in [0, 0.05) is 6.07 Å². The van der Waals surface area contributed by atoms with Crippen LogP contribution in [-0.2, 0) is 9.59 Å². The minimum Gasteiger partial charge on any atom is -0.494 e. The van der Waals surface area contributed by atoms with Gasteiger partial charge in [-0.05, 0) is 49.8 Å². The quantitative estimate of drug-likeness (QED) is 0.678. The molecule has 4 nitrogen and oxygen atoms in total. The van der Waals surface area contributed by atoms with Gasteiger partial charge in [0.2, 0.25) is 0 Å². The van der Waals surface area contributed by atoms with Crippen molar-refractivity contribution in [2.75, 3.05) is 17.3 Å². The summed E-state index contributed by atoms with van der Waals surface area (Å²) in [7, 11) is 0. The summed E-state index contributed by atoms with van der Waals surface area (Å²) in [4.78, 5) is 28.2. The molecule has 27 heavy (non-hydrogen) atoms. The van der Waals surface area contributed by atoms with Gasteiger partial charge in [-0.3, -0.25) is 9.59 Å². The number of anilines is 1. The van der Waals surface area contributed by atoms with Crippen LogP contribution in [0, 0.1) is 13.8 Å². The number of imide groups is 1. The topological polar surface area (TPSA) is 46.6 Å². The number of rotatable bonds is 6. The molecule has 2 aromatic carbocycles. The zero-order chi connectivity index (χ0) is 19.6. The lowest BCUT2D eigenvalue weighted by Gasteiger charge is -2.16. The Morgan fingerprint density at radius 2 is 1.78 bits per heavy atom. The first kappa shape index (κ1) is 19.2. The Kier molecular flexibility index (Phi) is 5.71. The number of ether oxygens (including phenoxy) is 1. The molecule has 0 aliphatic carbocycles. The summed E-state index contributed by atoms with van der Waals surface area (Å²) in [5.74, 6) is 0.808. The van der Waals surface area contributed by atoms with Gasteiger partial charge in [0.25, 0.3) is 11.8 Å². The van der Waals surface area contributed by atoms with Crippen LogP contribution in [0.2, 0.25) is 0 Å². The number of aryl methyl sites for hydroxylation is 2. The zero-order valence-electron chi connectivity index (χ0n) is 16.0. The molecule has 1 heterocycles. The minimum atomic E-state index is -0.281. The van der Waals surface area contributed by atoms with Crippen LogP contribution in [0.4, 0.5) is 5.69 Å². The predicted octanol–water partition coefficient (Wildman–Crippen LogP) is 4.74. The van der Waals surface area contributed by atoms with Crippen molar-refractivity contribution < 1.29 is 14.3 Å². The summed E-state index contributed by atoms with van der Waals surface area (Å²) in [6, 6.07) is 13.0. The van der Waals surface area contributed by atoms with E-state index in [0.29, 0.717) is 28.5 Å². The molecular formula is C22H23NO3S. The monoisotopic (exact) mass is 381 g/mol. The molecule has 1 aliphatic rings. The van der Waals surface area contributed by atoms with Crippen LogP contribution in [0.3, 0.4) is 0 Å². The Balaban J connectivity index is 2.09. The van der Waals surface area contributed by atoms with Gasteiger partial charge in [-0.15, -0.1) is 11.8 Å². The van der Waals surface area contributed by atoms with Crippen molar-refractivity contribution in [2.45, 2.75) is 27.7 Å². The third-order valence-corrected chi connectivity index (χ3v) is 5.32. The Morgan fingerprint density at radius 1 is 1.00 bits per heavy atom. The lowest BCUT2D eigenvalue weighted by atomic mass is 9.99. The molecule has 1 aliphatic heterocycles. The fraction of sp³-hybridized carbons (Fsp3) is 0.273. The van der Waals surface area contributed by atoms with E-state index in [-0.39, 0.29) is 11.8 Å². The number of benzene rings is 2. The van der Waals surface area contributed by atoms with Crippen molar-refractivity contribution in [3.8, 4) is 5.75 Å². The van der Waals surface area contributed by atoms with E-state index in [1.54, 1.807) is 18.2 Å². The maximum Gasteiger partial charge on any atom is 0.272 e. The van der Waals surface area contributed by atoms with Crippen LogP contribution in [0.25, 0.3) is 5.57 Å². The molecule has 3 rings (SSSR count). The smallest absolute Gasteiger partial charge is 0.272 e. The first-order chi connectivity index (χ1) is 13.0. The van der Waals surface area contributed by atoms with E-state index in [9.17, 15) is 9.59 Å². The van der Waals surface area contributed by atoms with Gasteiger partial charge in [0.1, 0.15) is 5.75 Å². The van der Waals surface area contributed by atoms with Crippen LogP contribution in [0.5, 0.6) is 5.75 Å². The number of nitrogens with zero attached hydrogens (tertiary/aromatic N) is 1. The van der Waals surface area contributed by atoms with E-state index in [1.807, 2.05) is 52.0 Å². The largest absolute Gasteiger partial charge is 0.494 e. The van der Waals surface area contributed by atoms with Crippen LogP contribution < -0.4 is 9.64 Å². The summed E-state index contributed by atoms with van der Waals surface area (Å²) >= 11 is 1.42. The maximum atomic E-state index is 13.3. The summed E-state index contributed by atoms with van der Waals surface area (Å²) in [5, 5.41) is 0. The average molecular weight is 381 g/mol. The normalized spacial score (nSPS) is 14.3. The molecule has 0 radical (unpaired) electrons. The molecule has 0 N–H and O–H groups in total. The van der Waals surface area contributed by atoms with Gasteiger partial charge in [-0.1, -0.05) is 36.8 Å². The highest BCUT2D eigenvalue weighted by atomic mass is 32.2. The van der Waals surface area contributed by atoms with Crippen LogP contribution in [0.15, 0.2) is 47.4 Å². The van der Waals surface area contributed by atoms with Gasteiger partial charge in [-0.2, -0.15) is 0 Å². The molecule has 0 aromatic heterocycles. The number of carbonyl (C=O) groups is 2. The van der Waals surface area contributed by atoms with Crippen molar-refractivity contribution >= 4 is 34.8 Å². The van der Waals surface area contributed by atoms with Gasteiger partial charge in [-0.25, -0.2) is 4.90 Å². The highest BCUT2D eigenvalue weighted by Gasteiger charge is 2.40. The summed E-state index contributed by atoms with van der Waals surface area (Å²) in [6.45, 7) is 8.39. The zero-order valence-corrected chi connectivity index (χ0v) is 16.9. The number of amides is 2. The standard InChI is InChI=1S/C22H23NO3S/c1-5-26-17-9-7-8-16(13-17)23-21(24)19(20(22(23)25)27-6-2)18-11-10-14(3)12-15(18)4/h7-13H,5-6H2,1-4H3. The van der Waals surface area contributed by atoms with Crippen molar-refractivity contribution in [2.24, 2.45) is 0 Å². The van der Waals surface area contributed by atoms with Gasteiger partial charge in [0.05, 0.1) is 22.8 Å². The van der Waals surface area contributed by atoms with Crippen molar-refractivity contribution in [3.63, 3.8) is 0 Å². The molecule has 140 valence electrons. The molecule has 0 spiro atoms. The lowest BCUT2D eigenvalue weighted by molar-refractivity contribution is -0.119. The molecule has 2 aromatic rings. The van der Waals surface area contributed by atoms with E-state index in [4.69, 9.17) is 4.74 Å². The first-order valence-electron chi connectivity index (χ1n) is 9.04. The minimum absolute atomic E-state index is 0.268. The van der Waals surface area contributed by atoms with Gasteiger partial charge >= 0.3 is 0 Å². The fourth-order valence-corrected chi connectivity index (χ4v) is 4.08. The average Bonchev–Trinajstić information content (AvgIpc) is 2.87. The van der Waals surface area contributed by atoms with E-state index >= 15 is 0 Å². The van der Waals surface area contributed by atoms with Gasteiger partial charge < -0.3 is 4.74 Å². The maximum absolute atomic E-state index is 13.3. The number of carbonyl (C=O) groups excluding carboxylic acids is 2. The number of hydrogen-bond donors (Lipinski definition) is 0. The Hall–Kier alpha value is -2.53. The highest BCUT2D eigenvalue weighted by Crippen LogP contribution is 2.40. The molecule has 0 saturated heterocycles. The number of thioether (sulfide) groups is 1. The second-order valence-corrected chi connectivity index (χ2v) is 7.61. The fourth-order valence-electron chi connectivity index (χ4n) is 3.23. The van der Waals surface area contributed by atoms with Gasteiger partial charge in [0.15, 0.2) is 0 Å². The van der Waals surface area contributed by atoms with E-state index in [1.165, 1.54) is 16.7 Å². The second kappa shape index (κ2) is 8.01. The third-order valence-electron chi connectivity index (χ3n) is 4.37. The second-order valence-electron chi connectivity index (χ2n) is 6.33. The van der Waals surface area contributed by atoms with Crippen molar-refractivity contribution in [3.05, 3.63) is 64.1 Å². The molecule has 0 bridgehead atoms. The SMILES string of the molecule is CCOc1cccc(N2C(=O)C(SCC)=C(c3ccc(C)cc3C)C2=O)c1. The third kappa shape index (κ3) is 3.65. The summed E-state index contributed by atoms with van der Waals surface area (Å²) in [5.41, 5.74) is 3.96. The van der Waals surface area contributed by atoms with Crippen LogP contribution >= 0.6 is 11.8 Å². The molecule has 0 saturated carbocycles.